The first-order valence-corrected chi connectivity index (χ1v) is 8.75. The van der Waals surface area contributed by atoms with Gasteiger partial charge >= 0.3 is 6.18 Å². The number of carbonyl (C=O) groups excluding carboxylic acids is 1. The molecule has 2 aromatic carbocycles. The van der Waals surface area contributed by atoms with Crippen LogP contribution in [0.15, 0.2) is 42.5 Å². The predicted octanol–water partition coefficient (Wildman–Crippen LogP) is 3.31. The van der Waals surface area contributed by atoms with E-state index in [9.17, 15) is 18.0 Å². The number of alkyl halides is 3. The fourth-order valence-electron chi connectivity index (χ4n) is 3.12. The van der Waals surface area contributed by atoms with E-state index in [4.69, 9.17) is 20.5 Å². The van der Waals surface area contributed by atoms with Crippen LogP contribution in [0.3, 0.4) is 0 Å². The Kier molecular flexibility index (Phi) is 5.66. The van der Waals surface area contributed by atoms with Crippen LogP contribution in [0.4, 0.5) is 18.9 Å². The Labute approximate surface area is 165 Å². The van der Waals surface area contributed by atoms with Gasteiger partial charge in [0, 0.05) is 11.3 Å². The van der Waals surface area contributed by atoms with E-state index in [1.807, 2.05) is 0 Å². The third-order valence-electron chi connectivity index (χ3n) is 4.56. The van der Waals surface area contributed by atoms with Gasteiger partial charge in [-0.3, -0.25) is 4.79 Å². The van der Waals surface area contributed by atoms with Gasteiger partial charge in [0.2, 0.25) is 5.91 Å². The number of nitrogens with two attached hydrogens (primary N) is 1. The van der Waals surface area contributed by atoms with Crippen LogP contribution in [-0.4, -0.2) is 31.4 Å². The van der Waals surface area contributed by atoms with Crippen molar-refractivity contribution in [2.75, 3.05) is 18.1 Å². The summed E-state index contributed by atoms with van der Waals surface area (Å²) >= 11 is 0. The monoisotopic (exact) mass is 405 g/mol. The number of nitrogens with zero attached hydrogens (tertiary/aromatic N) is 2. The highest BCUT2D eigenvalue weighted by molar-refractivity contribution is 5.92. The van der Waals surface area contributed by atoms with Crippen molar-refractivity contribution < 1.29 is 27.4 Å². The van der Waals surface area contributed by atoms with Crippen molar-refractivity contribution in [3.05, 3.63) is 59.2 Å². The molecule has 0 spiro atoms. The van der Waals surface area contributed by atoms with Crippen molar-refractivity contribution in [3.63, 3.8) is 0 Å². The molecule has 152 valence electrons. The zero-order valence-electron chi connectivity index (χ0n) is 15.4. The number of hydrogen-bond acceptors (Lipinski definition) is 5. The number of amides is 1. The summed E-state index contributed by atoms with van der Waals surface area (Å²) < 4.78 is 51.1. The van der Waals surface area contributed by atoms with Crippen LogP contribution >= 0.6 is 0 Å². The Balaban J connectivity index is 1.68. The lowest BCUT2D eigenvalue weighted by molar-refractivity contribution is -0.137. The smallest absolute Gasteiger partial charge is 0.417 e. The molecule has 6 nitrogen and oxygen atoms in total. The molecule has 0 radical (unpaired) electrons. The van der Waals surface area contributed by atoms with Crippen molar-refractivity contribution in [1.29, 1.82) is 5.26 Å². The quantitative estimate of drug-likeness (QED) is 0.825. The Morgan fingerprint density at radius 2 is 2.00 bits per heavy atom. The van der Waals surface area contributed by atoms with Gasteiger partial charge < -0.3 is 20.1 Å². The third-order valence-corrected chi connectivity index (χ3v) is 4.56. The maximum Gasteiger partial charge on any atom is 0.417 e. The number of benzene rings is 2. The van der Waals surface area contributed by atoms with Crippen molar-refractivity contribution >= 4 is 11.6 Å². The summed E-state index contributed by atoms with van der Waals surface area (Å²) in [5, 5.41) is 8.93. The highest BCUT2D eigenvalue weighted by Crippen LogP contribution is 2.36. The zero-order chi connectivity index (χ0) is 21.2. The number of ether oxygens (including phenoxy) is 2. The molecule has 1 amide bonds. The van der Waals surface area contributed by atoms with Gasteiger partial charge in [0.05, 0.1) is 23.7 Å². The molecule has 29 heavy (non-hydrogen) atoms. The standard InChI is InChI=1S/C20H18F3N3O3/c1-12-26(15-5-2-14(9-24)18(8-15)20(21,22)23)10-17(29-12)11-28-16-6-3-13(4-7-16)19(25)27/h2-8,12,17H,10-11H2,1H3,(H2,25,27)/t12-,17+/m1/s1. The fraction of sp³-hybridized carbons (Fsp3) is 0.300. The zero-order valence-corrected chi connectivity index (χ0v) is 15.4. The second kappa shape index (κ2) is 8.01. The van der Waals surface area contributed by atoms with E-state index in [1.54, 1.807) is 30.0 Å². The first kappa shape index (κ1) is 20.5. The molecule has 0 aliphatic carbocycles. The molecular formula is C20H18F3N3O3. The van der Waals surface area contributed by atoms with Gasteiger partial charge in [0.15, 0.2) is 0 Å². The van der Waals surface area contributed by atoms with E-state index < -0.39 is 29.4 Å². The van der Waals surface area contributed by atoms with Gasteiger partial charge in [-0.2, -0.15) is 18.4 Å². The fourth-order valence-corrected chi connectivity index (χ4v) is 3.12. The predicted molar refractivity (Wildman–Crippen MR) is 98.3 cm³/mol. The average molecular weight is 405 g/mol. The second-order valence-corrected chi connectivity index (χ2v) is 6.55. The second-order valence-electron chi connectivity index (χ2n) is 6.55. The molecule has 3 rings (SSSR count). The van der Waals surface area contributed by atoms with Crippen molar-refractivity contribution in [2.45, 2.75) is 25.4 Å². The van der Waals surface area contributed by atoms with Gasteiger partial charge in [0.25, 0.3) is 0 Å². The summed E-state index contributed by atoms with van der Waals surface area (Å²) in [5.74, 6) is -0.0248. The van der Waals surface area contributed by atoms with Crippen LogP contribution in [0.25, 0.3) is 0 Å². The molecule has 2 aromatic rings. The summed E-state index contributed by atoms with van der Waals surface area (Å²) in [7, 11) is 0. The molecule has 9 heteroatoms. The van der Waals surface area contributed by atoms with Crippen molar-refractivity contribution in [3.8, 4) is 11.8 Å². The normalized spacial score (nSPS) is 19.1. The molecular weight excluding hydrogens is 387 g/mol. The summed E-state index contributed by atoms with van der Waals surface area (Å²) in [6, 6.07) is 11.5. The minimum absolute atomic E-state index is 0.180. The van der Waals surface area contributed by atoms with E-state index in [0.717, 1.165) is 12.1 Å². The highest BCUT2D eigenvalue weighted by Gasteiger charge is 2.36. The maximum atomic E-state index is 13.2. The lowest BCUT2D eigenvalue weighted by Gasteiger charge is -2.23. The van der Waals surface area contributed by atoms with Crippen LogP contribution in [0.5, 0.6) is 5.75 Å². The van der Waals surface area contributed by atoms with Gasteiger partial charge in [-0.05, 0) is 49.4 Å². The van der Waals surface area contributed by atoms with Crippen LogP contribution in [-0.2, 0) is 10.9 Å². The van der Waals surface area contributed by atoms with Crippen LogP contribution in [0.1, 0.15) is 28.4 Å². The Morgan fingerprint density at radius 3 is 2.59 bits per heavy atom. The minimum Gasteiger partial charge on any atom is -0.491 e. The van der Waals surface area contributed by atoms with E-state index >= 15 is 0 Å². The van der Waals surface area contributed by atoms with Gasteiger partial charge in [0.1, 0.15) is 24.7 Å². The highest BCUT2D eigenvalue weighted by atomic mass is 19.4. The first-order chi connectivity index (χ1) is 13.7. The number of nitriles is 1. The van der Waals surface area contributed by atoms with E-state index in [1.165, 1.54) is 18.2 Å². The Bertz CT molecular complexity index is 939. The summed E-state index contributed by atoms with van der Waals surface area (Å²) in [4.78, 5) is 12.8. The molecule has 1 saturated heterocycles. The lowest BCUT2D eigenvalue weighted by Crippen LogP contribution is -2.28. The molecule has 0 saturated carbocycles. The summed E-state index contributed by atoms with van der Waals surface area (Å²) in [6.45, 7) is 2.23. The molecule has 0 bridgehead atoms. The van der Waals surface area contributed by atoms with Gasteiger partial charge in [-0.25, -0.2) is 0 Å². The summed E-state index contributed by atoms with van der Waals surface area (Å²) in [5.41, 5.74) is 4.46. The SMILES string of the molecule is C[C@H]1O[C@H](COc2ccc(C(N)=O)cc2)CN1c1ccc(C#N)c(C(F)(F)F)c1. The lowest BCUT2D eigenvalue weighted by atomic mass is 10.1. The third kappa shape index (κ3) is 4.60. The maximum absolute atomic E-state index is 13.2. The molecule has 2 N–H and O–H groups in total. The van der Waals surface area contributed by atoms with E-state index in [-0.39, 0.29) is 12.7 Å². The van der Waals surface area contributed by atoms with Crippen LogP contribution in [0, 0.1) is 11.3 Å². The number of halogens is 3. The van der Waals surface area contributed by atoms with Crippen LogP contribution in [0.2, 0.25) is 0 Å². The van der Waals surface area contributed by atoms with Crippen molar-refractivity contribution in [2.24, 2.45) is 5.73 Å². The van der Waals surface area contributed by atoms with E-state index in [2.05, 4.69) is 0 Å². The minimum atomic E-state index is -4.62. The largest absolute Gasteiger partial charge is 0.491 e. The molecule has 1 heterocycles. The number of rotatable bonds is 5. The topological polar surface area (TPSA) is 88.6 Å². The van der Waals surface area contributed by atoms with Crippen LogP contribution < -0.4 is 15.4 Å². The molecule has 2 atom stereocenters. The first-order valence-electron chi connectivity index (χ1n) is 8.75. The molecule has 0 unspecified atom stereocenters. The average Bonchev–Trinajstić information content (AvgIpc) is 3.06. The number of hydrogen-bond donors (Lipinski definition) is 1. The van der Waals surface area contributed by atoms with Gasteiger partial charge in [-0.1, -0.05) is 0 Å². The Morgan fingerprint density at radius 1 is 1.31 bits per heavy atom. The summed E-state index contributed by atoms with van der Waals surface area (Å²) in [6.07, 6.45) is -5.45. The molecule has 1 aliphatic heterocycles. The van der Waals surface area contributed by atoms with E-state index in [0.29, 0.717) is 23.5 Å². The number of anilines is 1. The number of carbonyl (C=O) groups is 1. The van der Waals surface area contributed by atoms with Crippen molar-refractivity contribution in [1.82, 2.24) is 0 Å². The molecule has 0 aromatic heterocycles. The molecule has 1 fully saturated rings. The van der Waals surface area contributed by atoms with Gasteiger partial charge in [-0.15, -0.1) is 0 Å². The Hall–Kier alpha value is -3.25. The molecule has 1 aliphatic rings. The number of primary amides is 1.